The van der Waals surface area contributed by atoms with E-state index in [2.05, 4.69) is 0 Å². The maximum absolute atomic E-state index is 13.6. The first-order valence-corrected chi connectivity index (χ1v) is 12.6. The lowest BCUT2D eigenvalue weighted by Crippen LogP contribution is -2.23. The van der Waals surface area contributed by atoms with Gasteiger partial charge in [0.25, 0.3) is 0 Å². The van der Waals surface area contributed by atoms with E-state index in [1.54, 1.807) is 25.1 Å². The zero-order valence-electron chi connectivity index (χ0n) is 18.3. The smallest absolute Gasteiger partial charge is 0.207 e. The molecular weight excluding hydrogens is 448 g/mol. The van der Waals surface area contributed by atoms with Gasteiger partial charge in [-0.05, 0) is 82.2 Å². The summed E-state index contributed by atoms with van der Waals surface area (Å²) in [7, 11) is -3.79. The SMILES string of the molecule is CCOC(=S)c1cc(S(=O)(=O)c2cc(OC(C)(C)C)cc(-c3ccccc3)c2)c(C)s1. The van der Waals surface area contributed by atoms with Gasteiger partial charge in [0.1, 0.15) is 11.4 Å². The predicted octanol–water partition coefficient (Wildman–Crippen LogP) is 6.45. The van der Waals surface area contributed by atoms with E-state index < -0.39 is 15.4 Å². The molecule has 164 valence electrons. The molecule has 0 unspecified atom stereocenters. The van der Waals surface area contributed by atoms with Crippen LogP contribution >= 0.6 is 23.6 Å². The summed E-state index contributed by atoms with van der Waals surface area (Å²) < 4.78 is 38.7. The largest absolute Gasteiger partial charge is 0.488 e. The summed E-state index contributed by atoms with van der Waals surface area (Å²) in [5.74, 6) is 0.505. The molecule has 0 aliphatic carbocycles. The van der Waals surface area contributed by atoms with E-state index in [0.29, 0.717) is 27.2 Å². The summed E-state index contributed by atoms with van der Waals surface area (Å²) in [6.07, 6.45) is 0. The van der Waals surface area contributed by atoms with Gasteiger partial charge in [-0.15, -0.1) is 11.3 Å². The van der Waals surface area contributed by atoms with Crippen LogP contribution in [0.25, 0.3) is 11.1 Å². The van der Waals surface area contributed by atoms with Crippen LogP contribution in [0.5, 0.6) is 5.75 Å². The second kappa shape index (κ2) is 9.10. The van der Waals surface area contributed by atoms with Crippen molar-refractivity contribution in [3.8, 4) is 16.9 Å². The molecular formula is C24H26O4S3. The second-order valence-corrected chi connectivity index (χ2v) is 11.6. The van der Waals surface area contributed by atoms with Gasteiger partial charge in [-0.2, -0.15) is 0 Å². The van der Waals surface area contributed by atoms with Crippen LogP contribution in [0.4, 0.5) is 0 Å². The van der Waals surface area contributed by atoms with Crippen molar-refractivity contribution in [2.24, 2.45) is 0 Å². The lowest BCUT2D eigenvalue weighted by molar-refractivity contribution is 0.130. The number of aryl methyl sites for hydroxylation is 1. The molecule has 1 heterocycles. The number of ether oxygens (including phenoxy) is 2. The van der Waals surface area contributed by atoms with Gasteiger partial charge < -0.3 is 9.47 Å². The Hall–Kier alpha value is -2.22. The van der Waals surface area contributed by atoms with Gasteiger partial charge in [0.15, 0.2) is 0 Å². The molecule has 0 saturated carbocycles. The zero-order valence-corrected chi connectivity index (χ0v) is 20.7. The number of hydrogen-bond acceptors (Lipinski definition) is 6. The zero-order chi connectivity index (χ0) is 22.8. The molecule has 3 rings (SSSR count). The minimum atomic E-state index is -3.79. The predicted molar refractivity (Wildman–Crippen MR) is 130 cm³/mol. The van der Waals surface area contributed by atoms with Gasteiger partial charge in [0.2, 0.25) is 14.9 Å². The molecule has 3 aromatic rings. The van der Waals surface area contributed by atoms with Crippen LogP contribution in [0.1, 0.15) is 37.4 Å². The first kappa shape index (κ1) is 23.4. The topological polar surface area (TPSA) is 52.6 Å². The summed E-state index contributed by atoms with van der Waals surface area (Å²) in [5.41, 5.74) is 1.23. The first-order chi connectivity index (χ1) is 14.5. The molecule has 0 saturated heterocycles. The number of hydrogen-bond donors (Lipinski definition) is 0. The Bertz CT molecular complexity index is 1190. The van der Waals surface area contributed by atoms with Crippen molar-refractivity contribution in [2.75, 3.05) is 6.61 Å². The highest BCUT2D eigenvalue weighted by atomic mass is 32.2. The van der Waals surface area contributed by atoms with Crippen molar-refractivity contribution in [3.63, 3.8) is 0 Å². The lowest BCUT2D eigenvalue weighted by atomic mass is 10.1. The van der Waals surface area contributed by atoms with E-state index in [0.717, 1.165) is 11.1 Å². The van der Waals surface area contributed by atoms with Crippen LogP contribution in [-0.4, -0.2) is 25.7 Å². The standard InChI is InChI=1S/C24H26O4S3/c1-6-27-23(29)21-15-22(16(2)30-21)31(25,26)20-13-18(17-10-8-7-9-11-17)12-19(14-20)28-24(3,4)5/h7-15H,6H2,1-5H3. The van der Waals surface area contributed by atoms with E-state index >= 15 is 0 Å². The average molecular weight is 475 g/mol. The fourth-order valence-electron chi connectivity index (χ4n) is 3.10. The Labute approximate surface area is 193 Å². The Kier molecular flexibility index (Phi) is 6.88. The van der Waals surface area contributed by atoms with Gasteiger partial charge in [0, 0.05) is 4.88 Å². The molecule has 0 bridgehead atoms. The van der Waals surface area contributed by atoms with Crippen molar-refractivity contribution in [2.45, 2.75) is 50.0 Å². The van der Waals surface area contributed by atoms with Gasteiger partial charge in [-0.25, -0.2) is 8.42 Å². The summed E-state index contributed by atoms with van der Waals surface area (Å²) >= 11 is 6.59. The highest BCUT2D eigenvalue weighted by Crippen LogP contribution is 2.36. The van der Waals surface area contributed by atoms with E-state index in [9.17, 15) is 8.42 Å². The van der Waals surface area contributed by atoms with E-state index in [1.807, 2.05) is 64.1 Å². The van der Waals surface area contributed by atoms with Crippen LogP contribution in [0.15, 0.2) is 64.4 Å². The van der Waals surface area contributed by atoms with Gasteiger partial charge in [0.05, 0.1) is 21.3 Å². The van der Waals surface area contributed by atoms with Crippen LogP contribution in [0.3, 0.4) is 0 Å². The molecule has 0 N–H and O–H groups in total. The molecule has 0 amide bonds. The molecule has 0 aliphatic rings. The Morgan fingerprint density at radius 1 is 1.03 bits per heavy atom. The third-order valence-corrected chi connectivity index (χ3v) is 7.86. The molecule has 0 fully saturated rings. The Balaban J connectivity index is 2.14. The monoisotopic (exact) mass is 474 g/mol. The summed E-state index contributed by atoms with van der Waals surface area (Å²) in [5, 5.41) is 0.312. The van der Waals surface area contributed by atoms with Crippen LogP contribution < -0.4 is 4.74 Å². The van der Waals surface area contributed by atoms with E-state index in [-0.39, 0.29) is 9.79 Å². The van der Waals surface area contributed by atoms with Crippen LogP contribution in [0, 0.1) is 6.92 Å². The summed E-state index contributed by atoms with van der Waals surface area (Å²) in [4.78, 5) is 1.73. The summed E-state index contributed by atoms with van der Waals surface area (Å²) in [6.45, 7) is 9.85. The molecule has 0 atom stereocenters. The molecule has 1 aromatic heterocycles. The number of thiophene rings is 1. The highest BCUT2D eigenvalue weighted by Gasteiger charge is 2.26. The minimum Gasteiger partial charge on any atom is -0.488 e. The average Bonchev–Trinajstić information content (AvgIpc) is 3.10. The van der Waals surface area contributed by atoms with Crippen LogP contribution in [0.2, 0.25) is 0 Å². The van der Waals surface area contributed by atoms with Gasteiger partial charge in [-0.1, -0.05) is 30.3 Å². The maximum Gasteiger partial charge on any atom is 0.207 e. The third kappa shape index (κ3) is 5.53. The molecule has 4 nitrogen and oxygen atoms in total. The molecule has 0 radical (unpaired) electrons. The van der Waals surface area contributed by atoms with Gasteiger partial charge in [-0.3, -0.25) is 0 Å². The van der Waals surface area contributed by atoms with Gasteiger partial charge >= 0.3 is 0 Å². The lowest BCUT2D eigenvalue weighted by Gasteiger charge is -2.22. The normalized spacial score (nSPS) is 11.9. The van der Waals surface area contributed by atoms with Crippen molar-refractivity contribution in [3.05, 3.63) is 64.4 Å². The summed E-state index contributed by atoms with van der Waals surface area (Å²) in [6, 6.07) is 16.4. The maximum atomic E-state index is 13.6. The van der Waals surface area contributed by atoms with Crippen molar-refractivity contribution >= 4 is 38.4 Å². The van der Waals surface area contributed by atoms with Crippen molar-refractivity contribution in [1.29, 1.82) is 0 Å². The number of thiocarbonyl (C=S) groups is 1. The number of benzene rings is 2. The van der Waals surface area contributed by atoms with E-state index in [1.165, 1.54) is 11.3 Å². The van der Waals surface area contributed by atoms with Crippen molar-refractivity contribution < 1.29 is 17.9 Å². The highest BCUT2D eigenvalue weighted by molar-refractivity contribution is 7.91. The fourth-order valence-corrected chi connectivity index (χ4v) is 6.20. The molecule has 0 aliphatic heterocycles. The number of rotatable bonds is 6. The number of sulfone groups is 1. The molecule has 31 heavy (non-hydrogen) atoms. The van der Waals surface area contributed by atoms with Crippen LogP contribution in [-0.2, 0) is 14.6 Å². The fraction of sp³-hybridized carbons (Fsp3) is 0.292. The first-order valence-electron chi connectivity index (χ1n) is 9.93. The quantitative estimate of drug-likeness (QED) is 0.385. The molecule has 7 heteroatoms. The van der Waals surface area contributed by atoms with Crippen molar-refractivity contribution in [1.82, 2.24) is 0 Å². The molecule has 2 aromatic carbocycles. The Morgan fingerprint density at radius 3 is 2.32 bits per heavy atom. The van der Waals surface area contributed by atoms with E-state index in [4.69, 9.17) is 21.7 Å². The minimum absolute atomic E-state index is 0.183. The third-order valence-electron chi connectivity index (χ3n) is 4.36. The second-order valence-electron chi connectivity index (χ2n) is 8.03. The molecule has 0 spiro atoms. The Morgan fingerprint density at radius 2 is 1.71 bits per heavy atom.